The van der Waals surface area contributed by atoms with E-state index in [4.69, 9.17) is 9.47 Å². The number of benzene rings is 2. The number of ketones is 1. The van der Waals surface area contributed by atoms with Gasteiger partial charge in [0.15, 0.2) is 17.3 Å². The van der Waals surface area contributed by atoms with E-state index in [2.05, 4.69) is 21.2 Å². The fraction of sp³-hybridized carbons (Fsp3) is 0.118. The van der Waals surface area contributed by atoms with Gasteiger partial charge in [-0.2, -0.15) is 0 Å². The molecule has 0 saturated carbocycles. The van der Waals surface area contributed by atoms with Crippen molar-refractivity contribution in [3.8, 4) is 11.5 Å². The average molecular weight is 360 g/mol. The molecule has 1 aliphatic rings. The van der Waals surface area contributed by atoms with Crippen molar-refractivity contribution in [3.63, 3.8) is 0 Å². The normalized spacial score (nSPS) is 12.6. The van der Waals surface area contributed by atoms with E-state index in [0.29, 0.717) is 12.1 Å². The SMILES string of the molecule is O=C(/C=C/NCc1ccc2c(c1)OCO2)c1ccc(Br)cc1. The largest absolute Gasteiger partial charge is 0.454 e. The number of hydrogen-bond donors (Lipinski definition) is 1. The zero-order valence-corrected chi connectivity index (χ0v) is 13.3. The van der Waals surface area contributed by atoms with Crippen LogP contribution in [-0.2, 0) is 6.54 Å². The summed E-state index contributed by atoms with van der Waals surface area (Å²) in [5.74, 6) is 1.49. The molecule has 0 saturated heterocycles. The van der Waals surface area contributed by atoms with Crippen molar-refractivity contribution in [1.82, 2.24) is 5.32 Å². The highest BCUT2D eigenvalue weighted by molar-refractivity contribution is 9.10. The minimum absolute atomic E-state index is 0.0364. The Morgan fingerprint density at radius 1 is 1.14 bits per heavy atom. The molecule has 0 aromatic heterocycles. The highest BCUT2D eigenvalue weighted by Gasteiger charge is 2.12. The van der Waals surface area contributed by atoms with Crippen LogP contribution in [0.2, 0.25) is 0 Å². The van der Waals surface area contributed by atoms with E-state index in [0.717, 1.165) is 21.5 Å². The molecule has 0 atom stereocenters. The van der Waals surface area contributed by atoms with Gasteiger partial charge in [-0.15, -0.1) is 0 Å². The van der Waals surface area contributed by atoms with Gasteiger partial charge in [0.25, 0.3) is 0 Å². The number of hydrogen-bond acceptors (Lipinski definition) is 4. The van der Waals surface area contributed by atoms with Crippen LogP contribution < -0.4 is 14.8 Å². The quantitative estimate of drug-likeness (QED) is 0.653. The molecule has 4 nitrogen and oxygen atoms in total. The predicted octanol–water partition coefficient (Wildman–Crippen LogP) is 3.66. The Bertz CT molecular complexity index is 710. The van der Waals surface area contributed by atoms with E-state index in [9.17, 15) is 4.79 Å². The Morgan fingerprint density at radius 2 is 1.91 bits per heavy atom. The van der Waals surface area contributed by atoms with Gasteiger partial charge >= 0.3 is 0 Å². The molecule has 1 N–H and O–H groups in total. The highest BCUT2D eigenvalue weighted by Crippen LogP contribution is 2.32. The first kappa shape index (κ1) is 14.7. The van der Waals surface area contributed by atoms with Crippen LogP contribution >= 0.6 is 15.9 Å². The summed E-state index contributed by atoms with van der Waals surface area (Å²) < 4.78 is 11.5. The first-order chi connectivity index (χ1) is 10.7. The lowest BCUT2D eigenvalue weighted by molar-refractivity contribution is 0.104. The van der Waals surface area contributed by atoms with Crippen molar-refractivity contribution in [2.75, 3.05) is 6.79 Å². The predicted molar refractivity (Wildman–Crippen MR) is 87.0 cm³/mol. The van der Waals surface area contributed by atoms with Crippen molar-refractivity contribution in [1.29, 1.82) is 0 Å². The Balaban J connectivity index is 1.54. The lowest BCUT2D eigenvalue weighted by Crippen LogP contribution is -2.05. The number of fused-ring (bicyclic) bond motifs is 1. The van der Waals surface area contributed by atoms with Crippen LogP contribution in [0.3, 0.4) is 0 Å². The molecule has 0 fully saturated rings. The van der Waals surface area contributed by atoms with Crippen molar-refractivity contribution >= 4 is 21.7 Å². The van der Waals surface area contributed by atoms with Crippen LogP contribution in [-0.4, -0.2) is 12.6 Å². The molecular weight excluding hydrogens is 346 g/mol. The number of carbonyl (C=O) groups excluding carboxylic acids is 1. The van der Waals surface area contributed by atoms with E-state index in [1.54, 1.807) is 18.3 Å². The molecular formula is C17H14BrNO3. The van der Waals surface area contributed by atoms with Crippen LogP contribution in [0.5, 0.6) is 11.5 Å². The minimum atomic E-state index is -0.0364. The van der Waals surface area contributed by atoms with Gasteiger partial charge in [-0.1, -0.05) is 22.0 Å². The van der Waals surface area contributed by atoms with Gasteiger partial charge in [-0.3, -0.25) is 4.79 Å². The molecule has 2 aromatic rings. The van der Waals surface area contributed by atoms with Crippen molar-refractivity contribution in [2.24, 2.45) is 0 Å². The minimum Gasteiger partial charge on any atom is -0.454 e. The molecule has 0 unspecified atom stereocenters. The third-order valence-electron chi connectivity index (χ3n) is 3.22. The van der Waals surface area contributed by atoms with E-state index in [1.807, 2.05) is 30.3 Å². The van der Waals surface area contributed by atoms with Gasteiger partial charge in [0.1, 0.15) is 0 Å². The second-order valence-electron chi connectivity index (χ2n) is 4.77. The zero-order valence-electron chi connectivity index (χ0n) is 11.7. The van der Waals surface area contributed by atoms with Gasteiger partial charge in [0.2, 0.25) is 6.79 Å². The molecule has 1 aliphatic heterocycles. The van der Waals surface area contributed by atoms with Crippen molar-refractivity contribution in [2.45, 2.75) is 6.54 Å². The third-order valence-corrected chi connectivity index (χ3v) is 3.75. The molecule has 2 aromatic carbocycles. The maximum Gasteiger partial charge on any atom is 0.231 e. The van der Waals surface area contributed by atoms with Gasteiger partial charge in [0, 0.05) is 28.9 Å². The molecule has 22 heavy (non-hydrogen) atoms. The van der Waals surface area contributed by atoms with Crippen LogP contribution in [0.1, 0.15) is 15.9 Å². The van der Waals surface area contributed by atoms with Crippen LogP contribution in [0.15, 0.2) is 59.2 Å². The van der Waals surface area contributed by atoms with Crippen LogP contribution in [0.4, 0.5) is 0 Å². The third kappa shape index (κ3) is 3.49. The van der Waals surface area contributed by atoms with Gasteiger partial charge in [-0.05, 0) is 42.0 Å². The van der Waals surface area contributed by atoms with E-state index < -0.39 is 0 Å². The molecule has 0 bridgehead atoms. The summed E-state index contributed by atoms with van der Waals surface area (Å²) in [6, 6.07) is 13.0. The fourth-order valence-corrected chi connectivity index (χ4v) is 2.34. The van der Waals surface area contributed by atoms with Gasteiger partial charge in [-0.25, -0.2) is 0 Å². The highest BCUT2D eigenvalue weighted by atomic mass is 79.9. The van der Waals surface area contributed by atoms with Crippen molar-refractivity contribution < 1.29 is 14.3 Å². The maximum absolute atomic E-state index is 11.9. The molecule has 0 amide bonds. The van der Waals surface area contributed by atoms with E-state index in [1.165, 1.54) is 6.08 Å². The van der Waals surface area contributed by atoms with Crippen LogP contribution in [0.25, 0.3) is 0 Å². The maximum atomic E-state index is 11.9. The summed E-state index contributed by atoms with van der Waals surface area (Å²) in [7, 11) is 0. The second kappa shape index (κ2) is 6.66. The number of rotatable bonds is 5. The Morgan fingerprint density at radius 3 is 2.73 bits per heavy atom. The first-order valence-corrected chi connectivity index (χ1v) is 7.60. The molecule has 0 radical (unpaired) electrons. The van der Waals surface area contributed by atoms with Crippen LogP contribution in [0, 0.1) is 0 Å². The number of carbonyl (C=O) groups is 1. The number of ether oxygens (including phenoxy) is 2. The Hall–Kier alpha value is -2.27. The number of allylic oxidation sites excluding steroid dienone is 1. The lowest BCUT2D eigenvalue weighted by Gasteiger charge is -2.03. The summed E-state index contributed by atoms with van der Waals surface area (Å²) in [5.41, 5.74) is 1.72. The monoisotopic (exact) mass is 359 g/mol. The van der Waals surface area contributed by atoms with E-state index in [-0.39, 0.29) is 12.6 Å². The second-order valence-corrected chi connectivity index (χ2v) is 5.69. The first-order valence-electron chi connectivity index (χ1n) is 6.81. The van der Waals surface area contributed by atoms with Crippen molar-refractivity contribution in [3.05, 3.63) is 70.3 Å². The summed E-state index contributed by atoms with van der Waals surface area (Å²) in [6.07, 6.45) is 3.19. The molecule has 112 valence electrons. The lowest BCUT2D eigenvalue weighted by atomic mass is 10.1. The number of nitrogens with one attached hydrogen (secondary N) is 1. The molecule has 1 heterocycles. The van der Waals surface area contributed by atoms with E-state index >= 15 is 0 Å². The zero-order chi connectivity index (χ0) is 15.4. The average Bonchev–Trinajstić information content (AvgIpc) is 2.99. The van der Waals surface area contributed by atoms with Gasteiger partial charge < -0.3 is 14.8 Å². The fourth-order valence-electron chi connectivity index (χ4n) is 2.07. The smallest absolute Gasteiger partial charge is 0.231 e. The summed E-state index contributed by atoms with van der Waals surface area (Å²) in [5, 5.41) is 3.10. The Kier molecular flexibility index (Phi) is 4.44. The topological polar surface area (TPSA) is 47.6 Å². The molecule has 0 aliphatic carbocycles. The molecule has 0 spiro atoms. The summed E-state index contributed by atoms with van der Waals surface area (Å²) in [6.45, 7) is 0.883. The van der Waals surface area contributed by atoms with Gasteiger partial charge in [0.05, 0.1) is 0 Å². The summed E-state index contributed by atoms with van der Waals surface area (Å²) >= 11 is 3.34. The standard InChI is InChI=1S/C17H14BrNO3/c18-14-4-2-13(3-5-14)15(20)7-8-19-10-12-1-6-16-17(9-12)22-11-21-16/h1-9,19H,10-11H2/b8-7+. The molecule has 3 rings (SSSR count). The Labute approximate surface area is 136 Å². The summed E-state index contributed by atoms with van der Waals surface area (Å²) in [4.78, 5) is 11.9. The molecule has 5 heteroatoms. The number of halogens is 1.